The van der Waals surface area contributed by atoms with Gasteiger partial charge in [-0.2, -0.15) is 0 Å². The normalized spacial score (nSPS) is 28.2. The van der Waals surface area contributed by atoms with Crippen molar-refractivity contribution in [3.8, 4) is 11.5 Å². The number of carbonyl (C=O) groups is 4. The van der Waals surface area contributed by atoms with Crippen LogP contribution in [0.4, 0.5) is 21.5 Å². The number of methoxy groups -OCH3 is 1. The molecule has 3 aromatic rings. The fraction of sp³-hybridized carbons (Fsp3) is 0.294. The highest BCUT2D eigenvalue weighted by molar-refractivity contribution is 6.32. The van der Waals surface area contributed by atoms with Crippen LogP contribution < -0.4 is 14.5 Å². The van der Waals surface area contributed by atoms with Gasteiger partial charge in [-0.05, 0) is 62.1 Å². The number of ether oxygens (including phenoxy) is 1. The van der Waals surface area contributed by atoms with Crippen LogP contribution in [0.1, 0.15) is 31.2 Å². The number of aromatic hydroxyl groups is 1. The molecule has 11 nitrogen and oxygen atoms in total. The van der Waals surface area contributed by atoms with Crippen LogP contribution in [0.2, 0.25) is 5.02 Å². The predicted molar refractivity (Wildman–Crippen MR) is 166 cm³/mol. The van der Waals surface area contributed by atoms with E-state index < -0.39 is 69.4 Å². The molecule has 1 saturated carbocycles. The summed E-state index contributed by atoms with van der Waals surface area (Å²) in [4.78, 5) is 69.3. The molecule has 6 atom stereocenters. The molecular weight excluding hydrogens is 633 g/mol. The van der Waals surface area contributed by atoms with E-state index in [1.165, 1.54) is 49.6 Å². The monoisotopic (exact) mass is 659 g/mol. The Labute approximate surface area is 272 Å². The Balaban J connectivity index is 1.35. The molecule has 13 heteroatoms. The predicted octanol–water partition coefficient (Wildman–Crippen LogP) is 5.54. The van der Waals surface area contributed by atoms with Gasteiger partial charge < -0.3 is 9.84 Å². The van der Waals surface area contributed by atoms with Gasteiger partial charge in [-0.1, -0.05) is 29.3 Å². The summed E-state index contributed by atoms with van der Waals surface area (Å²) >= 11 is 6.04. The fourth-order valence-corrected chi connectivity index (χ4v) is 8.28. The lowest BCUT2D eigenvalue weighted by molar-refractivity contribution is -0.384. The van der Waals surface area contributed by atoms with Crippen LogP contribution in [0.3, 0.4) is 0 Å². The van der Waals surface area contributed by atoms with E-state index in [0.717, 1.165) is 15.9 Å². The Morgan fingerprint density at radius 1 is 0.957 bits per heavy atom. The van der Waals surface area contributed by atoms with Crippen LogP contribution in [0.15, 0.2) is 72.3 Å². The summed E-state index contributed by atoms with van der Waals surface area (Å²) in [6, 6.07) is 13.4. The smallest absolute Gasteiger partial charge is 0.269 e. The number of nitro benzene ring substituents is 1. The highest BCUT2D eigenvalue weighted by Crippen LogP contribution is 2.64. The third-order valence-electron chi connectivity index (χ3n) is 10.3. The van der Waals surface area contributed by atoms with Gasteiger partial charge in [-0.3, -0.25) is 34.2 Å². The summed E-state index contributed by atoms with van der Waals surface area (Å²) in [6.07, 6.45) is 2.06. The van der Waals surface area contributed by atoms with E-state index in [2.05, 4.69) is 0 Å². The first-order chi connectivity index (χ1) is 22.4. The van der Waals surface area contributed by atoms with E-state index in [-0.39, 0.29) is 40.7 Å². The number of anilines is 2. The molecule has 1 N–H and O–H groups in total. The van der Waals surface area contributed by atoms with E-state index >= 15 is 0 Å². The van der Waals surface area contributed by atoms with Crippen LogP contribution in [0, 0.1) is 45.0 Å². The van der Waals surface area contributed by atoms with Crippen molar-refractivity contribution in [1.29, 1.82) is 0 Å². The Morgan fingerprint density at radius 2 is 1.66 bits per heavy atom. The van der Waals surface area contributed by atoms with Gasteiger partial charge in [0.2, 0.25) is 23.6 Å². The number of imide groups is 2. The third-order valence-corrected chi connectivity index (χ3v) is 10.6. The number of hydrogen-bond acceptors (Lipinski definition) is 8. The molecule has 2 saturated heterocycles. The Kier molecular flexibility index (Phi) is 6.97. The van der Waals surface area contributed by atoms with Gasteiger partial charge in [0.15, 0.2) is 0 Å². The third kappa shape index (κ3) is 4.31. The number of nitro groups is 1. The van der Waals surface area contributed by atoms with Crippen LogP contribution in [0.5, 0.6) is 11.5 Å². The molecule has 0 spiro atoms. The number of allylic oxidation sites excluding steroid dienone is 2. The number of rotatable bonds is 5. The number of fused-ring (bicyclic) bond motifs is 4. The van der Waals surface area contributed by atoms with Crippen LogP contribution >= 0.6 is 11.6 Å². The number of halogens is 2. The van der Waals surface area contributed by atoms with Gasteiger partial charge in [-0.15, -0.1) is 0 Å². The zero-order chi connectivity index (χ0) is 33.5. The highest BCUT2D eigenvalue weighted by Gasteiger charge is 2.68. The maximum atomic E-state index is 14.5. The van der Waals surface area contributed by atoms with Crippen LogP contribution in [-0.2, 0) is 19.2 Å². The fourth-order valence-electron chi connectivity index (χ4n) is 8.10. The van der Waals surface area contributed by atoms with Crippen LogP contribution in [0.25, 0.3) is 0 Å². The molecule has 2 heterocycles. The molecule has 4 amide bonds. The summed E-state index contributed by atoms with van der Waals surface area (Å²) in [5.41, 5.74) is -0.361. The topological polar surface area (TPSA) is 147 Å². The van der Waals surface area contributed by atoms with Gasteiger partial charge >= 0.3 is 0 Å². The zero-order valence-electron chi connectivity index (χ0n) is 25.1. The van der Waals surface area contributed by atoms with Gasteiger partial charge in [-0.25, -0.2) is 9.29 Å². The lowest BCUT2D eigenvalue weighted by atomic mass is 9.51. The summed E-state index contributed by atoms with van der Waals surface area (Å²) in [7, 11) is 1.44. The minimum Gasteiger partial charge on any atom is -0.508 e. The summed E-state index contributed by atoms with van der Waals surface area (Å²) in [5, 5.41) is 22.2. The first-order valence-corrected chi connectivity index (χ1v) is 15.3. The number of benzene rings is 3. The molecule has 2 aliphatic heterocycles. The molecule has 6 unspecified atom stereocenters. The number of nitrogens with zero attached hydrogens (tertiary/aromatic N) is 3. The first kappa shape index (κ1) is 30.5. The average molecular weight is 660 g/mol. The molecule has 0 radical (unpaired) electrons. The average Bonchev–Trinajstić information content (AvgIpc) is 3.42. The standard InChI is InChI=1S/C34H27ClFN3O8/c1-34-24(31(42)38(33(34)44)18-7-12-26(36)25(35)13-18)15-23-20(29(34)21-9-8-19(47-2)14-27(21)40)10-11-22-28(23)32(43)37(30(22)41)16-3-5-17(6-4-16)39(45)46/h3-10,12-14,22-24,28-29,40H,11,15H2,1-2H3. The Hall–Kier alpha value is -5.10. The van der Waals surface area contributed by atoms with Crippen LogP contribution in [-0.4, -0.2) is 40.8 Å². The number of phenolic OH excluding ortho intramolecular Hbond substituents is 1. The second-order valence-corrected chi connectivity index (χ2v) is 12.9. The van der Waals surface area contributed by atoms with E-state index in [0.29, 0.717) is 16.9 Å². The molecule has 240 valence electrons. The van der Waals surface area contributed by atoms with Crippen molar-refractivity contribution in [2.45, 2.75) is 25.7 Å². The molecule has 3 fully saturated rings. The highest BCUT2D eigenvalue weighted by atomic mass is 35.5. The van der Waals surface area contributed by atoms with E-state index in [4.69, 9.17) is 16.3 Å². The molecule has 7 rings (SSSR count). The van der Waals surface area contributed by atoms with Gasteiger partial charge in [0.05, 0.1) is 51.6 Å². The summed E-state index contributed by atoms with van der Waals surface area (Å²) in [5.74, 6) is -6.82. The molecule has 0 aromatic heterocycles. The van der Waals surface area contributed by atoms with Crippen molar-refractivity contribution in [2.75, 3.05) is 16.9 Å². The van der Waals surface area contributed by atoms with Gasteiger partial charge in [0.1, 0.15) is 17.3 Å². The minimum atomic E-state index is -1.44. The van der Waals surface area contributed by atoms with Gasteiger partial charge in [0, 0.05) is 29.7 Å². The largest absolute Gasteiger partial charge is 0.508 e. The second-order valence-electron chi connectivity index (χ2n) is 12.5. The van der Waals surface area contributed by atoms with Crippen molar-refractivity contribution >= 4 is 52.3 Å². The van der Waals surface area contributed by atoms with Crippen molar-refractivity contribution in [3.63, 3.8) is 0 Å². The zero-order valence-corrected chi connectivity index (χ0v) is 25.8. The van der Waals surface area contributed by atoms with Crippen molar-refractivity contribution in [2.24, 2.45) is 29.1 Å². The first-order valence-electron chi connectivity index (χ1n) is 14.9. The number of carbonyl (C=O) groups excluding carboxylic acids is 4. The maximum absolute atomic E-state index is 14.5. The van der Waals surface area contributed by atoms with E-state index in [9.17, 15) is 38.8 Å². The second kappa shape index (κ2) is 10.7. The number of phenols is 1. The van der Waals surface area contributed by atoms with Crippen molar-refractivity contribution in [3.05, 3.63) is 98.8 Å². The minimum absolute atomic E-state index is 0.0556. The lowest BCUT2D eigenvalue weighted by Crippen LogP contribution is -2.48. The summed E-state index contributed by atoms with van der Waals surface area (Å²) < 4.78 is 19.4. The molecule has 3 aromatic carbocycles. The Morgan fingerprint density at radius 3 is 2.30 bits per heavy atom. The van der Waals surface area contributed by atoms with E-state index in [1.807, 2.05) is 6.08 Å². The van der Waals surface area contributed by atoms with Gasteiger partial charge in [0.25, 0.3) is 5.69 Å². The quantitative estimate of drug-likeness (QED) is 0.163. The molecular formula is C34H27ClFN3O8. The number of non-ortho nitro benzene ring substituents is 1. The van der Waals surface area contributed by atoms with Crippen molar-refractivity contribution in [1.82, 2.24) is 0 Å². The summed E-state index contributed by atoms with van der Waals surface area (Å²) in [6.45, 7) is 1.66. The molecule has 4 aliphatic rings. The molecule has 47 heavy (non-hydrogen) atoms. The lowest BCUT2D eigenvalue weighted by Gasteiger charge is -2.49. The van der Waals surface area contributed by atoms with E-state index in [1.54, 1.807) is 19.1 Å². The number of hydrogen-bond donors (Lipinski definition) is 1. The SMILES string of the molecule is COc1ccc(C2C3=CCC4C(=O)N(c5ccc([N+](=O)[O-])cc5)C(=O)C4C3CC3C(=O)N(c4ccc(F)c(Cl)c4)C(=O)C32C)c(O)c1. The maximum Gasteiger partial charge on any atom is 0.269 e. The Bertz CT molecular complexity index is 1950. The molecule has 2 aliphatic carbocycles. The molecule has 0 bridgehead atoms. The number of amides is 4. The van der Waals surface area contributed by atoms with Crippen molar-refractivity contribution < 1.29 is 38.3 Å².